The number of halogens is 4. The van der Waals surface area contributed by atoms with Crippen LogP contribution in [-0.4, -0.2) is 41.1 Å². The summed E-state index contributed by atoms with van der Waals surface area (Å²) in [5, 5.41) is 24.1. The normalized spacial score (nSPS) is 22.6. The lowest BCUT2D eigenvalue weighted by atomic mass is 9.70. The van der Waals surface area contributed by atoms with Gasteiger partial charge in [-0.1, -0.05) is 47.6 Å². The summed E-state index contributed by atoms with van der Waals surface area (Å²) in [7, 11) is 0. The average Bonchev–Trinajstić information content (AvgIpc) is 3.32. The van der Waals surface area contributed by atoms with Crippen molar-refractivity contribution in [3.63, 3.8) is 0 Å². The van der Waals surface area contributed by atoms with E-state index in [1.54, 1.807) is 13.0 Å². The zero-order chi connectivity index (χ0) is 25.1. The minimum atomic E-state index is -5.33. The summed E-state index contributed by atoms with van der Waals surface area (Å²) in [5.41, 5.74) is -3.95. The molecule has 0 radical (unpaired) electrons. The molecule has 3 rings (SSSR count). The van der Waals surface area contributed by atoms with Crippen molar-refractivity contribution in [1.29, 1.82) is 5.26 Å². The molecule has 2 heterocycles. The van der Waals surface area contributed by atoms with Gasteiger partial charge in [0, 0.05) is 10.9 Å². The average molecular weight is 531 g/mol. The van der Waals surface area contributed by atoms with Gasteiger partial charge >= 0.3 is 12.1 Å². The summed E-state index contributed by atoms with van der Waals surface area (Å²) in [6, 6.07) is 10.6. The zero-order valence-corrected chi connectivity index (χ0v) is 19.9. The molecule has 1 aromatic carbocycles. The monoisotopic (exact) mass is 530 g/mol. The standard InChI is InChI=1S/C22H18ClF3N2O4S2/c1-2-32-16(29)11-34-20-13(10-27)17(12-6-3-4-7-14(12)23)18(19(30)15-8-5-9-33-15)21(31,28-20)22(24,25)26/h3-9,17-18,28,31H,2,11H2,1H3/t17-,18-,21+/m1/s1. The van der Waals surface area contributed by atoms with Crippen LogP contribution in [0.5, 0.6) is 0 Å². The topological polar surface area (TPSA) is 99.4 Å². The van der Waals surface area contributed by atoms with Gasteiger partial charge in [0.25, 0.3) is 0 Å². The van der Waals surface area contributed by atoms with Crippen LogP contribution in [0.4, 0.5) is 13.2 Å². The van der Waals surface area contributed by atoms with Crippen molar-refractivity contribution in [3.8, 4) is 6.07 Å². The number of carbonyl (C=O) groups is 2. The van der Waals surface area contributed by atoms with Gasteiger partial charge < -0.3 is 15.2 Å². The van der Waals surface area contributed by atoms with Crippen molar-refractivity contribution in [1.82, 2.24) is 5.32 Å². The Morgan fingerprint density at radius 2 is 2.03 bits per heavy atom. The molecule has 34 heavy (non-hydrogen) atoms. The molecule has 0 fully saturated rings. The van der Waals surface area contributed by atoms with Crippen molar-refractivity contribution >= 4 is 46.5 Å². The Labute approximate surface area is 206 Å². The summed E-state index contributed by atoms with van der Waals surface area (Å²) in [4.78, 5) is 25.2. The van der Waals surface area contributed by atoms with E-state index < -0.39 is 46.3 Å². The molecule has 0 spiro atoms. The number of Topliss-reactive ketones (excluding diaryl/α,β-unsaturated/α-hetero) is 1. The number of aliphatic hydroxyl groups is 1. The van der Waals surface area contributed by atoms with Gasteiger partial charge in [-0.25, -0.2) is 0 Å². The number of benzene rings is 1. The second-order valence-corrected chi connectivity index (χ2v) is 9.50. The Balaban J connectivity index is 2.26. The van der Waals surface area contributed by atoms with Gasteiger partial charge in [0.15, 0.2) is 5.78 Å². The van der Waals surface area contributed by atoms with Crippen molar-refractivity contribution in [2.24, 2.45) is 5.92 Å². The van der Waals surface area contributed by atoms with Crippen molar-refractivity contribution < 1.29 is 32.6 Å². The molecule has 0 aliphatic carbocycles. The van der Waals surface area contributed by atoms with Gasteiger partial charge in [-0.3, -0.25) is 9.59 Å². The quantitative estimate of drug-likeness (QED) is 0.389. The van der Waals surface area contributed by atoms with Crippen LogP contribution >= 0.6 is 34.7 Å². The summed E-state index contributed by atoms with van der Waals surface area (Å²) >= 11 is 7.78. The van der Waals surface area contributed by atoms with E-state index in [1.807, 2.05) is 11.4 Å². The number of nitrogens with one attached hydrogen (secondary N) is 1. The molecular formula is C22H18ClF3N2O4S2. The van der Waals surface area contributed by atoms with Crippen LogP contribution in [0.15, 0.2) is 52.4 Å². The number of hydrogen-bond acceptors (Lipinski definition) is 8. The number of esters is 1. The summed E-state index contributed by atoms with van der Waals surface area (Å²) in [5.74, 6) is -5.87. The number of allylic oxidation sites excluding steroid dienone is 1. The number of hydrogen-bond donors (Lipinski definition) is 2. The third-order valence-corrected chi connectivity index (χ3v) is 7.34. The molecule has 3 atom stereocenters. The molecule has 6 nitrogen and oxygen atoms in total. The van der Waals surface area contributed by atoms with E-state index in [1.165, 1.54) is 35.7 Å². The molecule has 1 aliphatic rings. The van der Waals surface area contributed by atoms with Crippen LogP contribution in [-0.2, 0) is 9.53 Å². The third kappa shape index (κ3) is 4.95. The molecule has 1 aromatic heterocycles. The highest BCUT2D eigenvalue weighted by Crippen LogP contribution is 2.52. The van der Waals surface area contributed by atoms with Crippen molar-refractivity contribution in [2.45, 2.75) is 24.7 Å². The Morgan fingerprint density at radius 1 is 1.32 bits per heavy atom. The SMILES string of the molecule is CCOC(=O)CSC1=C(C#N)[C@@H](c2ccccc2Cl)[C@H](C(=O)c2cccs2)[C@](O)(C(F)(F)F)N1. The largest absolute Gasteiger partial charge is 0.465 e. The Kier molecular flexibility index (Phi) is 7.98. The number of nitriles is 1. The number of alkyl halides is 3. The first-order chi connectivity index (χ1) is 16.0. The molecule has 0 saturated carbocycles. The Hall–Kier alpha value is -2.52. The molecule has 0 unspecified atom stereocenters. The number of rotatable bonds is 7. The maximum Gasteiger partial charge on any atom is 0.437 e. The number of thiophene rings is 1. The minimum Gasteiger partial charge on any atom is -0.465 e. The maximum absolute atomic E-state index is 14.4. The number of ether oxygens (including phenoxy) is 1. The second-order valence-electron chi connectivity index (χ2n) is 7.16. The molecule has 0 bridgehead atoms. The van der Waals surface area contributed by atoms with E-state index in [4.69, 9.17) is 16.3 Å². The molecule has 0 amide bonds. The first-order valence-corrected chi connectivity index (χ1v) is 12.1. The van der Waals surface area contributed by atoms with Gasteiger partial charge in [-0.05, 0) is 30.0 Å². The minimum absolute atomic E-state index is 0.0189. The van der Waals surface area contributed by atoms with E-state index in [0.717, 1.165) is 11.3 Å². The number of thioether (sulfide) groups is 1. The van der Waals surface area contributed by atoms with Crippen LogP contribution < -0.4 is 5.32 Å². The lowest BCUT2D eigenvalue weighted by molar-refractivity contribution is -0.285. The lowest BCUT2D eigenvalue weighted by Crippen LogP contribution is -2.66. The van der Waals surface area contributed by atoms with Crippen LogP contribution in [0.25, 0.3) is 0 Å². The maximum atomic E-state index is 14.4. The Bertz CT molecular complexity index is 1150. The first-order valence-electron chi connectivity index (χ1n) is 9.87. The highest BCUT2D eigenvalue weighted by molar-refractivity contribution is 8.03. The van der Waals surface area contributed by atoms with E-state index in [0.29, 0.717) is 11.8 Å². The smallest absolute Gasteiger partial charge is 0.437 e. The Morgan fingerprint density at radius 3 is 2.59 bits per heavy atom. The molecular weight excluding hydrogens is 513 g/mol. The third-order valence-electron chi connectivity index (χ3n) is 5.12. The van der Waals surface area contributed by atoms with Gasteiger partial charge in [0.05, 0.1) is 39.8 Å². The van der Waals surface area contributed by atoms with Gasteiger partial charge in [0.2, 0.25) is 5.72 Å². The van der Waals surface area contributed by atoms with Crippen molar-refractivity contribution in [3.05, 3.63) is 67.8 Å². The second kappa shape index (κ2) is 10.4. The molecule has 180 valence electrons. The molecule has 2 aromatic rings. The van der Waals surface area contributed by atoms with Crippen LogP contribution in [0.3, 0.4) is 0 Å². The molecule has 12 heteroatoms. The molecule has 1 aliphatic heterocycles. The lowest BCUT2D eigenvalue weighted by Gasteiger charge is -2.45. The highest BCUT2D eigenvalue weighted by Gasteiger charge is 2.66. The van der Waals surface area contributed by atoms with Crippen molar-refractivity contribution in [2.75, 3.05) is 12.4 Å². The fourth-order valence-electron chi connectivity index (χ4n) is 3.66. The van der Waals surface area contributed by atoms with Crippen LogP contribution in [0, 0.1) is 17.2 Å². The molecule has 2 N–H and O–H groups in total. The summed E-state index contributed by atoms with van der Waals surface area (Å²) < 4.78 is 48.0. The summed E-state index contributed by atoms with van der Waals surface area (Å²) in [6.45, 7) is 1.63. The van der Waals surface area contributed by atoms with E-state index in [2.05, 4.69) is 0 Å². The number of ketones is 1. The van der Waals surface area contributed by atoms with E-state index in [9.17, 15) is 33.1 Å². The highest BCUT2D eigenvalue weighted by atomic mass is 35.5. The van der Waals surface area contributed by atoms with Crippen LogP contribution in [0.2, 0.25) is 5.02 Å². The number of carbonyl (C=O) groups excluding carboxylic acids is 2. The van der Waals surface area contributed by atoms with E-state index >= 15 is 0 Å². The van der Waals surface area contributed by atoms with Gasteiger partial charge in [0.1, 0.15) is 0 Å². The zero-order valence-electron chi connectivity index (χ0n) is 17.6. The van der Waals surface area contributed by atoms with Gasteiger partial charge in [-0.15, -0.1) is 11.3 Å². The van der Waals surface area contributed by atoms with Crippen LogP contribution in [0.1, 0.15) is 28.1 Å². The first kappa shape index (κ1) is 26.1. The van der Waals surface area contributed by atoms with Gasteiger partial charge in [-0.2, -0.15) is 18.4 Å². The fraction of sp³-hybridized carbons (Fsp3) is 0.318. The molecule has 0 saturated heterocycles. The predicted molar refractivity (Wildman–Crippen MR) is 122 cm³/mol. The van der Waals surface area contributed by atoms with E-state index in [-0.39, 0.29) is 27.6 Å². The summed E-state index contributed by atoms with van der Waals surface area (Å²) in [6.07, 6.45) is -5.33. The fourth-order valence-corrected chi connectivity index (χ4v) is 5.52. The predicted octanol–water partition coefficient (Wildman–Crippen LogP) is 4.87. The number of nitrogens with zero attached hydrogens (tertiary/aromatic N) is 1.